The van der Waals surface area contributed by atoms with Gasteiger partial charge in [0.05, 0.1) is 0 Å². The van der Waals surface area contributed by atoms with Gasteiger partial charge in [0.1, 0.15) is 5.41 Å². The van der Waals surface area contributed by atoms with E-state index in [1.54, 1.807) is 0 Å². The largest absolute Gasteiger partial charge is 0.481 e. The van der Waals surface area contributed by atoms with E-state index in [9.17, 15) is 32.8 Å². The Morgan fingerprint density at radius 2 is 0.967 bits per heavy atom. The van der Waals surface area contributed by atoms with Crippen molar-refractivity contribution in [3.8, 4) is 0 Å². The Bertz CT molecular complexity index is 621. The Labute approximate surface area is 182 Å². The van der Waals surface area contributed by atoms with Gasteiger partial charge in [-0.25, -0.2) is 0 Å². The van der Waals surface area contributed by atoms with Crippen LogP contribution in [0.2, 0.25) is 0 Å². The molecule has 0 fully saturated rings. The fourth-order valence-corrected chi connectivity index (χ4v) is 6.28. The van der Waals surface area contributed by atoms with Crippen molar-refractivity contribution in [1.29, 1.82) is 0 Å². The average molecular weight is 451 g/mol. The van der Waals surface area contributed by atoms with Crippen LogP contribution in [0.3, 0.4) is 0 Å². The normalized spacial score (nSPS) is 14.5. The van der Waals surface area contributed by atoms with Crippen molar-refractivity contribution in [1.82, 2.24) is 0 Å². The van der Waals surface area contributed by atoms with E-state index in [1.807, 2.05) is 55.4 Å². The minimum atomic E-state index is -5.18. The van der Waals surface area contributed by atoms with Gasteiger partial charge in [0.25, 0.3) is 10.1 Å². The van der Waals surface area contributed by atoms with Gasteiger partial charge in [0, 0.05) is 0 Å². The highest BCUT2D eigenvalue weighted by atomic mass is 32.2. The molecule has 0 rings (SSSR count). The van der Waals surface area contributed by atoms with E-state index >= 15 is 0 Å². The van der Waals surface area contributed by atoms with E-state index in [2.05, 4.69) is 0 Å². The molecular formula is C22H42O7S. The van der Waals surface area contributed by atoms with Crippen molar-refractivity contribution in [2.75, 3.05) is 0 Å². The van der Waals surface area contributed by atoms with Crippen LogP contribution in [0.25, 0.3) is 0 Å². The minimum absolute atomic E-state index is 0.0297. The predicted octanol–water partition coefficient (Wildman–Crippen LogP) is 4.82. The second kappa shape index (κ2) is 11.5. The highest BCUT2D eigenvalue weighted by Gasteiger charge is 2.63. The number of rotatable bonds is 14. The summed E-state index contributed by atoms with van der Waals surface area (Å²) in [7, 11) is -5.18. The Kier molecular flexibility index (Phi) is 11.0. The third-order valence-corrected chi connectivity index (χ3v) is 6.89. The highest BCUT2D eigenvalue weighted by molar-refractivity contribution is 7.87. The minimum Gasteiger partial charge on any atom is -0.481 e. The molecule has 0 aliphatic rings. The molecular weight excluding hydrogens is 408 g/mol. The summed E-state index contributed by atoms with van der Waals surface area (Å²) in [6.07, 6.45) is 1.43. The van der Waals surface area contributed by atoms with Crippen LogP contribution in [0.5, 0.6) is 0 Å². The lowest BCUT2D eigenvalue weighted by atomic mass is 9.57. The fraction of sp³-hybridized carbons (Fsp3) is 0.909. The van der Waals surface area contributed by atoms with Gasteiger partial charge in [-0.15, -0.1) is 0 Å². The molecule has 3 N–H and O–H groups in total. The van der Waals surface area contributed by atoms with Gasteiger partial charge in [-0.05, 0) is 61.2 Å². The second-order valence-corrected chi connectivity index (χ2v) is 11.9. The van der Waals surface area contributed by atoms with Gasteiger partial charge in [0.15, 0.2) is 5.25 Å². The SMILES string of the molecule is CC(C)CC(CC(C)C)C(C(=O)O)(C(CC(C)C)CC(C)C)C(C(=O)O)S(=O)(=O)O. The monoisotopic (exact) mass is 450 g/mol. The molecule has 0 heterocycles. The molecule has 0 spiro atoms. The first-order valence-corrected chi connectivity index (χ1v) is 12.4. The summed E-state index contributed by atoms with van der Waals surface area (Å²) in [5, 5.41) is 18.1. The summed E-state index contributed by atoms with van der Waals surface area (Å²) in [5.41, 5.74) is -2.14. The number of hydrogen-bond acceptors (Lipinski definition) is 4. The van der Waals surface area contributed by atoms with E-state index in [1.165, 1.54) is 0 Å². The molecule has 1 unspecified atom stereocenters. The fourth-order valence-electron chi connectivity index (χ4n) is 5.05. The molecule has 0 amide bonds. The van der Waals surface area contributed by atoms with Crippen molar-refractivity contribution >= 4 is 22.1 Å². The van der Waals surface area contributed by atoms with Crippen molar-refractivity contribution in [3.63, 3.8) is 0 Å². The van der Waals surface area contributed by atoms with Crippen LogP contribution in [-0.2, 0) is 19.7 Å². The molecule has 0 saturated heterocycles. The Balaban J connectivity index is 7.33. The zero-order valence-corrected chi connectivity index (χ0v) is 20.6. The van der Waals surface area contributed by atoms with Gasteiger partial charge in [-0.3, -0.25) is 14.1 Å². The number of hydrogen-bond donors (Lipinski definition) is 3. The summed E-state index contributed by atoms with van der Waals surface area (Å²) in [4.78, 5) is 25.2. The van der Waals surface area contributed by atoms with Gasteiger partial charge in [0.2, 0.25) is 0 Å². The van der Waals surface area contributed by atoms with Crippen LogP contribution in [0.1, 0.15) is 81.1 Å². The van der Waals surface area contributed by atoms with E-state index in [0.717, 1.165) is 0 Å². The summed E-state index contributed by atoms with van der Waals surface area (Å²) >= 11 is 0. The van der Waals surface area contributed by atoms with E-state index in [4.69, 9.17) is 0 Å². The van der Waals surface area contributed by atoms with Crippen LogP contribution in [-0.4, -0.2) is 40.4 Å². The quantitative estimate of drug-likeness (QED) is 0.324. The molecule has 178 valence electrons. The first kappa shape index (κ1) is 28.9. The molecule has 7 nitrogen and oxygen atoms in total. The van der Waals surface area contributed by atoms with E-state index in [-0.39, 0.29) is 23.7 Å². The maximum absolute atomic E-state index is 13.0. The summed E-state index contributed by atoms with van der Waals surface area (Å²) in [6, 6.07) is 0. The van der Waals surface area contributed by atoms with Crippen LogP contribution >= 0.6 is 0 Å². The molecule has 1 atom stereocenters. The second-order valence-electron chi connectivity index (χ2n) is 10.4. The Morgan fingerprint density at radius 3 is 1.10 bits per heavy atom. The van der Waals surface area contributed by atoms with E-state index in [0.29, 0.717) is 25.7 Å². The molecule has 0 aromatic carbocycles. The molecule has 0 bridgehead atoms. The third kappa shape index (κ3) is 7.52. The van der Waals surface area contributed by atoms with Crippen LogP contribution in [0.15, 0.2) is 0 Å². The van der Waals surface area contributed by atoms with Crippen molar-refractivity contribution < 1.29 is 32.8 Å². The molecule has 8 heteroatoms. The Morgan fingerprint density at radius 1 is 0.700 bits per heavy atom. The molecule has 0 radical (unpaired) electrons. The number of carbonyl (C=O) groups is 2. The van der Waals surface area contributed by atoms with Gasteiger partial charge >= 0.3 is 11.9 Å². The third-order valence-electron chi connectivity index (χ3n) is 5.70. The summed E-state index contributed by atoms with van der Waals surface area (Å²) in [6.45, 7) is 15.2. The lowest BCUT2D eigenvalue weighted by Crippen LogP contribution is -2.60. The van der Waals surface area contributed by atoms with Crippen LogP contribution in [0.4, 0.5) is 0 Å². The zero-order valence-electron chi connectivity index (χ0n) is 19.8. The molecule has 0 aromatic rings. The van der Waals surface area contributed by atoms with Gasteiger partial charge < -0.3 is 10.2 Å². The summed E-state index contributed by atoms with van der Waals surface area (Å²) in [5.74, 6) is -4.59. The number of carboxylic acid groups (broad SMARTS) is 2. The van der Waals surface area contributed by atoms with Crippen LogP contribution < -0.4 is 0 Å². The summed E-state index contributed by atoms with van der Waals surface area (Å²) < 4.78 is 34.8. The van der Waals surface area contributed by atoms with Crippen LogP contribution in [0, 0.1) is 40.9 Å². The lowest BCUT2D eigenvalue weighted by molar-refractivity contribution is -0.167. The molecule has 0 aromatic heterocycles. The number of aliphatic carboxylic acids is 2. The molecule has 0 aliphatic heterocycles. The number of carboxylic acids is 2. The molecule has 30 heavy (non-hydrogen) atoms. The molecule has 0 aliphatic carbocycles. The van der Waals surface area contributed by atoms with Gasteiger partial charge in [-0.2, -0.15) is 8.42 Å². The maximum atomic E-state index is 13.0. The maximum Gasteiger partial charge on any atom is 0.325 e. The first-order valence-electron chi connectivity index (χ1n) is 10.9. The highest BCUT2D eigenvalue weighted by Crippen LogP contribution is 2.52. The topological polar surface area (TPSA) is 129 Å². The predicted molar refractivity (Wildman–Crippen MR) is 118 cm³/mol. The molecule has 0 saturated carbocycles. The average Bonchev–Trinajstić information content (AvgIpc) is 2.46. The van der Waals surface area contributed by atoms with Crippen molar-refractivity contribution in [2.45, 2.75) is 86.3 Å². The zero-order chi connectivity index (χ0) is 24.0. The first-order chi connectivity index (χ1) is 13.5. The van der Waals surface area contributed by atoms with Crippen molar-refractivity contribution in [3.05, 3.63) is 0 Å². The lowest BCUT2D eigenvalue weighted by Gasteiger charge is -2.47. The van der Waals surface area contributed by atoms with Crippen molar-refractivity contribution in [2.24, 2.45) is 40.9 Å². The van der Waals surface area contributed by atoms with E-state index < -0.39 is 44.6 Å². The Hall–Kier alpha value is -1.15. The smallest absolute Gasteiger partial charge is 0.325 e. The standard InChI is InChI=1S/C22H42O7S/c1-13(2)9-17(10-14(3)4)22(21(25)26,19(20(23)24)30(27,28)29)18(11-15(5)6)12-16(7)8/h13-19H,9-12H2,1-8H3,(H,23,24)(H,25,26)(H,27,28,29). The van der Waals surface area contributed by atoms with Gasteiger partial charge in [-0.1, -0.05) is 55.4 Å².